The van der Waals surface area contributed by atoms with Crippen molar-refractivity contribution in [2.75, 3.05) is 0 Å². The van der Waals surface area contributed by atoms with Gasteiger partial charge in [-0.15, -0.1) is 21.5 Å². The van der Waals surface area contributed by atoms with Crippen LogP contribution in [0.5, 0.6) is 0 Å². The Morgan fingerprint density at radius 1 is 1.05 bits per heavy atom. The maximum Gasteiger partial charge on any atom is 0.249 e. The molecule has 3 rings (SSSR count). The van der Waals surface area contributed by atoms with Crippen molar-refractivity contribution in [3.05, 3.63) is 45.6 Å². The fraction of sp³-hybridized carbons (Fsp3) is 0.250. The van der Waals surface area contributed by atoms with E-state index in [1.165, 1.54) is 10.4 Å². The van der Waals surface area contributed by atoms with E-state index >= 15 is 0 Å². The minimum absolute atomic E-state index is 0.587. The second kappa shape index (κ2) is 5.21. The summed E-state index contributed by atoms with van der Waals surface area (Å²) < 4.78 is 5.88. The number of aromatic nitrogens is 2. The van der Waals surface area contributed by atoms with E-state index < -0.39 is 0 Å². The predicted molar refractivity (Wildman–Crippen MR) is 81.9 cm³/mol. The Morgan fingerprint density at radius 2 is 1.75 bits per heavy atom. The van der Waals surface area contributed by atoms with Gasteiger partial charge in [0.2, 0.25) is 11.8 Å². The van der Waals surface area contributed by atoms with E-state index in [0.29, 0.717) is 11.8 Å². The summed E-state index contributed by atoms with van der Waals surface area (Å²) in [5.41, 5.74) is 4.51. The molecule has 4 heteroatoms. The first-order valence-electron chi connectivity index (χ1n) is 6.67. The molecule has 0 fully saturated rings. The highest BCUT2D eigenvalue weighted by molar-refractivity contribution is 7.10. The molecule has 0 spiro atoms. The average Bonchev–Trinajstić information content (AvgIpc) is 3.05. The van der Waals surface area contributed by atoms with Crippen molar-refractivity contribution >= 4 is 11.3 Å². The molecule has 2 aromatic heterocycles. The molecule has 0 aliphatic rings. The van der Waals surface area contributed by atoms with Crippen molar-refractivity contribution in [2.45, 2.75) is 27.2 Å². The average molecular weight is 284 g/mol. The first-order chi connectivity index (χ1) is 9.70. The summed E-state index contributed by atoms with van der Waals surface area (Å²) in [4.78, 5) is 1.32. The quantitative estimate of drug-likeness (QED) is 0.703. The van der Waals surface area contributed by atoms with E-state index in [1.807, 2.05) is 31.2 Å². The van der Waals surface area contributed by atoms with Crippen molar-refractivity contribution in [3.8, 4) is 22.9 Å². The Labute approximate surface area is 122 Å². The number of hydrogen-bond acceptors (Lipinski definition) is 4. The lowest BCUT2D eigenvalue weighted by Gasteiger charge is -1.99. The van der Waals surface area contributed by atoms with Crippen LogP contribution in [0.2, 0.25) is 0 Å². The highest BCUT2D eigenvalue weighted by atomic mass is 32.1. The Hall–Kier alpha value is -1.94. The zero-order valence-corrected chi connectivity index (χ0v) is 12.6. The van der Waals surface area contributed by atoms with Crippen molar-refractivity contribution in [3.63, 3.8) is 0 Å². The van der Waals surface area contributed by atoms with Crippen molar-refractivity contribution < 1.29 is 4.42 Å². The van der Waals surface area contributed by atoms with Crippen LogP contribution in [-0.4, -0.2) is 10.2 Å². The highest BCUT2D eigenvalue weighted by Gasteiger charge is 2.16. The van der Waals surface area contributed by atoms with Gasteiger partial charge in [-0.1, -0.05) is 25.1 Å². The van der Waals surface area contributed by atoms with Gasteiger partial charge < -0.3 is 4.42 Å². The molecule has 102 valence electrons. The maximum atomic E-state index is 5.88. The molecule has 0 aliphatic carbocycles. The number of aryl methyl sites for hydroxylation is 2. The molecule has 2 heterocycles. The fourth-order valence-corrected chi connectivity index (χ4v) is 3.29. The zero-order valence-electron chi connectivity index (χ0n) is 11.8. The van der Waals surface area contributed by atoms with Crippen LogP contribution >= 0.6 is 11.3 Å². The third kappa shape index (κ3) is 2.16. The molecule has 0 amide bonds. The second-order valence-corrected chi connectivity index (χ2v) is 5.85. The summed E-state index contributed by atoms with van der Waals surface area (Å²) in [7, 11) is 0. The molecular formula is C16H16N2OS. The normalized spacial score (nSPS) is 10.9. The van der Waals surface area contributed by atoms with Gasteiger partial charge >= 0.3 is 0 Å². The molecule has 0 unspecified atom stereocenters. The van der Waals surface area contributed by atoms with Crippen molar-refractivity contribution in [2.24, 2.45) is 0 Å². The van der Waals surface area contributed by atoms with Crippen LogP contribution in [0, 0.1) is 13.8 Å². The number of hydrogen-bond donors (Lipinski definition) is 0. The van der Waals surface area contributed by atoms with Gasteiger partial charge in [-0.25, -0.2) is 0 Å². The van der Waals surface area contributed by atoms with Gasteiger partial charge in [0, 0.05) is 15.8 Å². The SMILES string of the molecule is CCc1c(-c2nnc(-c3ccccc3C)o2)csc1C. The molecular weight excluding hydrogens is 268 g/mol. The van der Waals surface area contributed by atoms with E-state index in [1.54, 1.807) is 11.3 Å². The predicted octanol–water partition coefficient (Wildman–Crippen LogP) is 4.64. The van der Waals surface area contributed by atoms with Gasteiger partial charge in [0.25, 0.3) is 0 Å². The van der Waals surface area contributed by atoms with Crippen LogP contribution in [0.25, 0.3) is 22.9 Å². The molecule has 3 nitrogen and oxygen atoms in total. The van der Waals surface area contributed by atoms with E-state index in [4.69, 9.17) is 4.42 Å². The van der Waals surface area contributed by atoms with Crippen LogP contribution < -0.4 is 0 Å². The molecule has 0 aliphatic heterocycles. The summed E-state index contributed by atoms with van der Waals surface area (Å²) >= 11 is 1.73. The van der Waals surface area contributed by atoms with Crippen LogP contribution in [-0.2, 0) is 6.42 Å². The topological polar surface area (TPSA) is 38.9 Å². The Bertz CT molecular complexity index is 743. The molecule has 0 atom stereocenters. The maximum absolute atomic E-state index is 5.88. The first-order valence-corrected chi connectivity index (χ1v) is 7.55. The lowest BCUT2D eigenvalue weighted by molar-refractivity contribution is 0.583. The first kappa shape index (κ1) is 13.1. The molecule has 0 saturated heterocycles. The molecule has 0 bridgehead atoms. The van der Waals surface area contributed by atoms with Gasteiger partial charge in [-0.3, -0.25) is 0 Å². The third-order valence-corrected chi connectivity index (χ3v) is 4.44. The molecule has 1 aromatic carbocycles. The van der Waals surface area contributed by atoms with Crippen LogP contribution in [0.4, 0.5) is 0 Å². The van der Waals surface area contributed by atoms with Gasteiger partial charge in [0.1, 0.15) is 0 Å². The Kier molecular flexibility index (Phi) is 3.40. The number of thiophene rings is 1. The van der Waals surface area contributed by atoms with Gasteiger partial charge in [-0.2, -0.15) is 0 Å². The van der Waals surface area contributed by atoms with E-state index in [9.17, 15) is 0 Å². The van der Waals surface area contributed by atoms with Crippen molar-refractivity contribution in [1.82, 2.24) is 10.2 Å². The minimum Gasteiger partial charge on any atom is -0.416 e. The smallest absolute Gasteiger partial charge is 0.249 e. The van der Waals surface area contributed by atoms with Crippen LogP contribution in [0.3, 0.4) is 0 Å². The Balaban J connectivity index is 2.05. The molecule has 20 heavy (non-hydrogen) atoms. The monoisotopic (exact) mass is 284 g/mol. The van der Waals surface area contributed by atoms with Gasteiger partial charge in [0.15, 0.2) is 0 Å². The summed E-state index contributed by atoms with van der Waals surface area (Å²) in [5.74, 6) is 1.20. The second-order valence-electron chi connectivity index (χ2n) is 4.76. The summed E-state index contributed by atoms with van der Waals surface area (Å²) in [5, 5.41) is 10.5. The van der Waals surface area contributed by atoms with E-state index in [0.717, 1.165) is 23.1 Å². The lowest BCUT2D eigenvalue weighted by atomic mass is 10.1. The molecule has 0 radical (unpaired) electrons. The standard InChI is InChI=1S/C16H16N2OS/c1-4-12-11(3)20-9-14(12)16-18-17-15(19-16)13-8-6-5-7-10(13)2/h5-9H,4H2,1-3H3. The number of rotatable bonds is 3. The van der Waals surface area contributed by atoms with Gasteiger partial charge in [0.05, 0.1) is 5.56 Å². The third-order valence-electron chi connectivity index (χ3n) is 3.49. The lowest BCUT2D eigenvalue weighted by Crippen LogP contribution is -1.84. The molecule has 0 saturated carbocycles. The summed E-state index contributed by atoms with van der Waals surface area (Å²) in [6.45, 7) is 6.33. The number of benzene rings is 1. The largest absolute Gasteiger partial charge is 0.416 e. The molecule has 3 aromatic rings. The van der Waals surface area contributed by atoms with Gasteiger partial charge in [-0.05, 0) is 37.5 Å². The fourth-order valence-electron chi connectivity index (χ4n) is 2.35. The molecule has 0 N–H and O–H groups in total. The van der Waals surface area contributed by atoms with E-state index in [-0.39, 0.29) is 0 Å². The van der Waals surface area contributed by atoms with E-state index in [2.05, 4.69) is 29.4 Å². The van der Waals surface area contributed by atoms with Crippen LogP contribution in [0.15, 0.2) is 34.1 Å². The Morgan fingerprint density at radius 3 is 2.45 bits per heavy atom. The van der Waals surface area contributed by atoms with Crippen molar-refractivity contribution in [1.29, 1.82) is 0 Å². The summed E-state index contributed by atoms with van der Waals surface area (Å²) in [6.07, 6.45) is 0.979. The van der Waals surface area contributed by atoms with Crippen LogP contribution in [0.1, 0.15) is 22.9 Å². The number of nitrogens with zero attached hydrogens (tertiary/aromatic N) is 2. The zero-order chi connectivity index (χ0) is 14.1. The summed E-state index contributed by atoms with van der Waals surface area (Å²) in [6, 6.07) is 8.05. The minimum atomic E-state index is 0.587. The highest BCUT2D eigenvalue weighted by Crippen LogP contribution is 2.32.